The molecule has 84 valence electrons. The number of amides is 1. The van der Waals surface area contributed by atoms with E-state index in [0.717, 1.165) is 31.4 Å². The van der Waals surface area contributed by atoms with Crippen LogP contribution in [0.2, 0.25) is 0 Å². The zero-order chi connectivity index (χ0) is 10.9. The molecule has 0 saturated heterocycles. The predicted molar refractivity (Wildman–Crippen MR) is 59.5 cm³/mol. The average molecular weight is 209 g/mol. The molecule has 1 amide bonds. The van der Waals surface area contributed by atoms with Gasteiger partial charge in [0.25, 0.3) is 0 Å². The molecule has 1 unspecified atom stereocenters. The van der Waals surface area contributed by atoms with Crippen molar-refractivity contribution < 1.29 is 9.21 Å². The predicted octanol–water partition coefficient (Wildman–Crippen LogP) is 2.52. The van der Waals surface area contributed by atoms with Crippen molar-refractivity contribution in [3.8, 4) is 0 Å². The first-order valence-electron chi connectivity index (χ1n) is 5.59. The van der Waals surface area contributed by atoms with Gasteiger partial charge in [0.15, 0.2) is 0 Å². The average Bonchev–Trinajstić information content (AvgIpc) is 2.71. The number of hydrogen-bond acceptors (Lipinski definition) is 2. The lowest BCUT2D eigenvalue weighted by molar-refractivity contribution is -0.110. The molecule has 0 spiro atoms. The molecule has 1 aromatic heterocycles. The van der Waals surface area contributed by atoms with Crippen LogP contribution in [0.1, 0.15) is 38.4 Å². The Kier molecular flexibility index (Phi) is 5.59. The summed E-state index contributed by atoms with van der Waals surface area (Å²) in [5, 5.41) is 2.84. The van der Waals surface area contributed by atoms with Crippen LogP contribution in [0.15, 0.2) is 22.8 Å². The van der Waals surface area contributed by atoms with Crippen LogP contribution in [0.3, 0.4) is 0 Å². The number of rotatable bonds is 8. The summed E-state index contributed by atoms with van der Waals surface area (Å²) < 4.78 is 5.26. The van der Waals surface area contributed by atoms with Crippen molar-refractivity contribution in [1.29, 1.82) is 0 Å². The third kappa shape index (κ3) is 4.68. The lowest BCUT2D eigenvalue weighted by Crippen LogP contribution is -2.29. The molecule has 0 saturated carbocycles. The monoisotopic (exact) mass is 209 g/mol. The molecule has 0 aliphatic carbocycles. The van der Waals surface area contributed by atoms with Crippen molar-refractivity contribution in [2.45, 2.75) is 45.1 Å². The van der Waals surface area contributed by atoms with Crippen LogP contribution in [-0.2, 0) is 11.2 Å². The molecule has 3 heteroatoms. The number of furan rings is 1. The fraction of sp³-hybridized carbons (Fsp3) is 0.583. The maximum Gasteiger partial charge on any atom is 0.207 e. The summed E-state index contributed by atoms with van der Waals surface area (Å²) in [5.74, 6) is 0.936. The van der Waals surface area contributed by atoms with Crippen molar-refractivity contribution in [3.05, 3.63) is 24.2 Å². The van der Waals surface area contributed by atoms with Crippen LogP contribution in [0.5, 0.6) is 0 Å². The summed E-state index contributed by atoms with van der Waals surface area (Å²) in [5.41, 5.74) is 0. The number of hydrogen-bond donors (Lipinski definition) is 1. The van der Waals surface area contributed by atoms with E-state index in [0.29, 0.717) is 0 Å². The SMILES string of the molecule is CCCCCC(Cc1ccco1)NC=O. The first-order valence-corrected chi connectivity index (χ1v) is 5.59. The number of carbonyl (C=O) groups excluding carboxylic acids is 1. The van der Waals surface area contributed by atoms with Gasteiger partial charge in [-0.15, -0.1) is 0 Å². The largest absolute Gasteiger partial charge is 0.469 e. The van der Waals surface area contributed by atoms with Crippen LogP contribution < -0.4 is 5.32 Å². The number of carbonyl (C=O) groups is 1. The fourth-order valence-electron chi connectivity index (χ4n) is 1.65. The Hall–Kier alpha value is -1.25. The standard InChI is InChI=1S/C12H19NO2/c1-2-3-4-6-11(13-10-14)9-12-7-5-8-15-12/h5,7-8,10-11H,2-4,6,9H2,1H3,(H,13,14). The Labute approximate surface area is 90.9 Å². The molecular weight excluding hydrogens is 190 g/mol. The second kappa shape index (κ2) is 7.10. The van der Waals surface area contributed by atoms with Gasteiger partial charge < -0.3 is 9.73 Å². The van der Waals surface area contributed by atoms with E-state index < -0.39 is 0 Å². The van der Waals surface area contributed by atoms with Gasteiger partial charge in [-0.25, -0.2) is 0 Å². The smallest absolute Gasteiger partial charge is 0.207 e. The van der Waals surface area contributed by atoms with E-state index in [1.165, 1.54) is 12.8 Å². The normalized spacial score (nSPS) is 12.3. The highest BCUT2D eigenvalue weighted by molar-refractivity contribution is 5.46. The summed E-state index contributed by atoms with van der Waals surface area (Å²) >= 11 is 0. The Morgan fingerprint density at radius 3 is 3.00 bits per heavy atom. The van der Waals surface area contributed by atoms with Crippen molar-refractivity contribution in [2.75, 3.05) is 0 Å². The van der Waals surface area contributed by atoms with Gasteiger partial charge in [0.2, 0.25) is 6.41 Å². The van der Waals surface area contributed by atoms with Crippen LogP contribution >= 0.6 is 0 Å². The molecule has 15 heavy (non-hydrogen) atoms. The third-order valence-electron chi connectivity index (χ3n) is 2.49. The minimum atomic E-state index is 0.209. The zero-order valence-electron chi connectivity index (χ0n) is 9.24. The molecule has 0 aliphatic heterocycles. The van der Waals surface area contributed by atoms with Gasteiger partial charge in [0.05, 0.1) is 6.26 Å². The van der Waals surface area contributed by atoms with Crippen LogP contribution in [0.25, 0.3) is 0 Å². The minimum Gasteiger partial charge on any atom is -0.469 e. The second-order valence-electron chi connectivity index (χ2n) is 3.76. The number of unbranched alkanes of at least 4 members (excludes halogenated alkanes) is 2. The molecule has 0 aliphatic rings. The highest BCUT2D eigenvalue weighted by atomic mass is 16.3. The summed E-state index contributed by atoms with van der Waals surface area (Å²) in [7, 11) is 0. The molecule has 1 rings (SSSR count). The molecule has 1 N–H and O–H groups in total. The maximum atomic E-state index is 10.4. The highest BCUT2D eigenvalue weighted by Gasteiger charge is 2.09. The van der Waals surface area contributed by atoms with Gasteiger partial charge in [-0.3, -0.25) is 4.79 Å². The van der Waals surface area contributed by atoms with Gasteiger partial charge in [0.1, 0.15) is 5.76 Å². The highest BCUT2D eigenvalue weighted by Crippen LogP contribution is 2.10. The minimum absolute atomic E-state index is 0.209. The van der Waals surface area contributed by atoms with Crippen molar-refractivity contribution in [2.24, 2.45) is 0 Å². The van der Waals surface area contributed by atoms with Crippen molar-refractivity contribution in [3.63, 3.8) is 0 Å². The van der Waals surface area contributed by atoms with E-state index in [2.05, 4.69) is 12.2 Å². The van der Waals surface area contributed by atoms with E-state index in [-0.39, 0.29) is 6.04 Å². The van der Waals surface area contributed by atoms with Gasteiger partial charge in [-0.2, -0.15) is 0 Å². The Bertz CT molecular complexity index is 257. The van der Waals surface area contributed by atoms with E-state index in [1.54, 1.807) is 6.26 Å². The molecule has 0 bridgehead atoms. The lowest BCUT2D eigenvalue weighted by Gasteiger charge is -2.14. The van der Waals surface area contributed by atoms with Crippen molar-refractivity contribution in [1.82, 2.24) is 5.32 Å². The molecule has 1 heterocycles. The van der Waals surface area contributed by atoms with Crippen LogP contribution in [0, 0.1) is 0 Å². The molecule has 1 atom stereocenters. The lowest BCUT2D eigenvalue weighted by atomic mass is 10.0. The Balaban J connectivity index is 2.32. The first-order chi connectivity index (χ1) is 7.36. The van der Waals surface area contributed by atoms with Crippen LogP contribution in [-0.4, -0.2) is 12.5 Å². The molecule has 1 aromatic rings. The molecule has 0 aromatic carbocycles. The third-order valence-corrected chi connectivity index (χ3v) is 2.49. The van der Waals surface area contributed by atoms with E-state index in [1.807, 2.05) is 12.1 Å². The van der Waals surface area contributed by atoms with E-state index in [4.69, 9.17) is 4.42 Å². The molecular formula is C12H19NO2. The van der Waals surface area contributed by atoms with E-state index in [9.17, 15) is 4.79 Å². The van der Waals surface area contributed by atoms with Gasteiger partial charge >= 0.3 is 0 Å². The first kappa shape index (κ1) is 11.8. The summed E-state index contributed by atoms with van der Waals surface area (Å²) in [6.07, 6.45) is 7.83. The Morgan fingerprint density at radius 1 is 1.53 bits per heavy atom. The van der Waals surface area contributed by atoms with Gasteiger partial charge in [0, 0.05) is 12.5 Å². The fourth-order valence-corrected chi connectivity index (χ4v) is 1.65. The van der Waals surface area contributed by atoms with E-state index >= 15 is 0 Å². The topological polar surface area (TPSA) is 42.2 Å². The summed E-state index contributed by atoms with van der Waals surface area (Å²) in [4.78, 5) is 10.4. The van der Waals surface area contributed by atoms with Gasteiger partial charge in [-0.05, 0) is 18.6 Å². The summed E-state index contributed by atoms with van der Waals surface area (Å²) in [6.45, 7) is 2.18. The number of nitrogens with one attached hydrogen (secondary N) is 1. The van der Waals surface area contributed by atoms with Crippen molar-refractivity contribution >= 4 is 6.41 Å². The Morgan fingerprint density at radius 2 is 2.40 bits per heavy atom. The van der Waals surface area contributed by atoms with Crippen LogP contribution in [0.4, 0.5) is 0 Å². The molecule has 0 radical (unpaired) electrons. The summed E-state index contributed by atoms with van der Waals surface area (Å²) in [6, 6.07) is 4.03. The molecule has 3 nitrogen and oxygen atoms in total. The maximum absolute atomic E-state index is 10.4. The zero-order valence-corrected chi connectivity index (χ0v) is 9.24. The van der Waals surface area contributed by atoms with Gasteiger partial charge in [-0.1, -0.05) is 26.2 Å². The molecule has 0 fully saturated rings. The second-order valence-corrected chi connectivity index (χ2v) is 3.76. The quantitative estimate of drug-likeness (QED) is 0.528.